The number of aliphatic carboxylic acids is 1. The summed E-state index contributed by atoms with van der Waals surface area (Å²) in [6, 6.07) is 0. The van der Waals surface area contributed by atoms with Crippen LogP contribution in [0.2, 0.25) is 0 Å². The van der Waals surface area contributed by atoms with Crippen molar-refractivity contribution in [1.29, 1.82) is 0 Å². The van der Waals surface area contributed by atoms with E-state index in [-0.39, 0.29) is 12.4 Å². The van der Waals surface area contributed by atoms with Gasteiger partial charge in [0.1, 0.15) is 5.54 Å². The molecular formula is C7H14ClNO2. The fourth-order valence-corrected chi connectivity index (χ4v) is 1.01. The highest BCUT2D eigenvalue weighted by atomic mass is 35.5. The van der Waals surface area contributed by atoms with Crippen molar-refractivity contribution in [3.8, 4) is 0 Å². The van der Waals surface area contributed by atoms with Crippen molar-refractivity contribution >= 4 is 18.4 Å². The maximum atomic E-state index is 10.6. The topological polar surface area (TPSA) is 40.5 Å². The summed E-state index contributed by atoms with van der Waals surface area (Å²) in [6.07, 6.45) is 1.14. The van der Waals surface area contributed by atoms with E-state index in [9.17, 15) is 4.79 Å². The lowest BCUT2D eigenvalue weighted by atomic mass is 9.99. The SMILES string of the molecule is CC(C)(C(=O)O)N1CCC1.Cl. The molecule has 0 unspecified atom stereocenters. The Hall–Kier alpha value is -0.280. The Morgan fingerprint density at radius 3 is 2.00 bits per heavy atom. The highest BCUT2D eigenvalue weighted by Gasteiger charge is 2.37. The first-order valence-electron chi connectivity index (χ1n) is 3.53. The second kappa shape index (κ2) is 3.41. The van der Waals surface area contributed by atoms with E-state index in [2.05, 4.69) is 0 Å². The van der Waals surface area contributed by atoms with Gasteiger partial charge in [-0.1, -0.05) is 0 Å². The van der Waals surface area contributed by atoms with Crippen molar-refractivity contribution in [2.24, 2.45) is 0 Å². The number of likely N-dealkylation sites (tertiary alicyclic amines) is 1. The molecule has 4 heteroatoms. The molecule has 0 radical (unpaired) electrons. The van der Waals surface area contributed by atoms with Gasteiger partial charge in [0, 0.05) is 13.1 Å². The molecule has 66 valence electrons. The van der Waals surface area contributed by atoms with E-state index >= 15 is 0 Å². The highest BCUT2D eigenvalue weighted by Crippen LogP contribution is 2.20. The van der Waals surface area contributed by atoms with Gasteiger partial charge >= 0.3 is 5.97 Å². The lowest BCUT2D eigenvalue weighted by Gasteiger charge is -2.41. The molecule has 3 nitrogen and oxygen atoms in total. The minimum absolute atomic E-state index is 0. The standard InChI is InChI=1S/C7H13NO2.ClH/c1-7(2,6(9)10)8-4-3-5-8;/h3-5H2,1-2H3,(H,9,10);1H. The van der Waals surface area contributed by atoms with Gasteiger partial charge in [-0.3, -0.25) is 9.69 Å². The largest absolute Gasteiger partial charge is 0.480 e. The van der Waals surface area contributed by atoms with E-state index in [1.807, 2.05) is 4.90 Å². The molecule has 0 atom stereocenters. The molecule has 1 heterocycles. The number of halogens is 1. The molecular weight excluding hydrogens is 166 g/mol. The Morgan fingerprint density at radius 1 is 1.45 bits per heavy atom. The van der Waals surface area contributed by atoms with Gasteiger partial charge in [-0.05, 0) is 20.3 Å². The molecule has 1 fully saturated rings. The zero-order valence-electron chi connectivity index (χ0n) is 6.83. The second-order valence-electron chi connectivity index (χ2n) is 3.20. The molecule has 1 N–H and O–H groups in total. The number of hydrogen-bond acceptors (Lipinski definition) is 2. The quantitative estimate of drug-likeness (QED) is 0.687. The molecule has 1 rings (SSSR count). The van der Waals surface area contributed by atoms with Gasteiger partial charge in [0.15, 0.2) is 0 Å². The summed E-state index contributed by atoms with van der Waals surface area (Å²) in [6.45, 7) is 5.35. The molecule has 0 bridgehead atoms. The zero-order valence-corrected chi connectivity index (χ0v) is 7.65. The number of carboxylic acid groups (broad SMARTS) is 1. The first-order valence-corrected chi connectivity index (χ1v) is 3.53. The molecule has 0 spiro atoms. The Labute approximate surface area is 72.8 Å². The maximum Gasteiger partial charge on any atom is 0.323 e. The summed E-state index contributed by atoms with van der Waals surface area (Å²) in [5, 5.41) is 8.74. The average Bonchev–Trinajstić information content (AvgIpc) is 1.57. The van der Waals surface area contributed by atoms with Crippen LogP contribution < -0.4 is 0 Å². The van der Waals surface area contributed by atoms with Crippen molar-refractivity contribution in [3.63, 3.8) is 0 Å². The van der Waals surface area contributed by atoms with Crippen LogP contribution in [0.25, 0.3) is 0 Å². The van der Waals surface area contributed by atoms with Crippen molar-refractivity contribution in [1.82, 2.24) is 4.90 Å². The van der Waals surface area contributed by atoms with Crippen molar-refractivity contribution in [2.45, 2.75) is 25.8 Å². The van der Waals surface area contributed by atoms with E-state index in [0.717, 1.165) is 19.5 Å². The van der Waals surface area contributed by atoms with Crippen LogP contribution in [0.5, 0.6) is 0 Å². The minimum Gasteiger partial charge on any atom is -0.480 e. The first kappa shape index (κ1) is 10.7. The van der Waals surface area contributed by atoms with Crippen molar-refractivity contribution < 1.29 is 9.90 Å². The van der Waals surface area contributed by atoms with Crippen LogP contribution in [0.15, 0.2) is 0 Å². The van der Waals surface area contributed by atoms with Crippen LogP contribution in [-0.4, -0.2) is 34.6 Å². The average molecular weight is 180 g/mol. The molecule has 0 aromatic carbocycles. The Kier molecular flexibility index (Phi) is 3.32. The van der Waals surface area contributed by atoms with E-state index in [1.165, 1.54) is 0 Å². The van der Waals surface area contributed by atoms with E-state index in [0.29, 0.717) is 0 Å². The van der Waals surface area contributed by atoms with Crippen LogP contribution >= 0.6 is 12.4 Å². The number of nitrogens with zero attached hydrogens (tertiary/aromatic N) is 1. The number of hydrogen-bond donors (Lipinski definition) is 1. The van der Waals surface area contributed by atoms with Crippen LogP contribution in [0.3, 0.4) is 0 Å². The molecule has 0 aliphatic carbocycles. The predicted molar refractivity (Wildman–Crippen MR) is 45.2 cm³/mol. The third-order valence-electron chi connectivity index (χ3n) is 2.17. The lowest BCUT2D eigenvalue weighted by Crippen LogP contribution is -2.56. The summed E-state index contributed by atoms with van der Waals surface area (Å²) in [7, 11) is 0. The van der Waals surface area contributed by atoms with Gasteiger partial charge in [0.25, 0.3) is 0 Å². The van der Waals surface area contributed by atoms with Crippen LogP contribution in [0.4, 0.5) is 0 Å². The van der Waals surface area contributed by atoms with Crippen molar-refractivity contribution in [3.05, 3.63) is 0 Å². The Balaban J connectivity index is 0.000001000. The lowest BCUT2D eigenvalue weighted by molar-refractivity contribution is -0.151. The van der Waals surface area contributed by atoms with Gasteiger partial charge in [-0.2, -0.15) is 0 Å². The smallest absolute Gasteiger partial charge is 0.323 e. The summed E-state index contributed by atoms with van der Waals surface area (Å²) in [4.78, 5) is 12.6. The number of carboxylic acids is 1. The fourth-order valence-electron chi connectivity index (χ4n) is 1.01. The third kappa shape index (κ3) is 1.84. The summed E-state index contributed by atoms with van der Waals surface area (Å²) in [5.41, 5.74) is -0.655. The predicted octanol–water partition coefficient (Wildman–Crippen LogP) is 0.977. The molecule has 0 saturated carbocycles. The maximum absolute atomic E-state index is 10.6. The first-order chi connectivity index (χ1) is 4.55. The Bertz CT molecular complexity index is 155. The van der Waals surface area contributed by atoms with Gasteiger partial charge in [0.05, 0.1) is 0 Å². The number of carbonyl (C=O) groups is 1. The Morgan fingerprint density at radius 2 is 1.91 bits per heavy atom. The molecule has 1 aliphatic heterocycles. The van der Waals surface area contributed by atoms with Gasteiger partial charge in [-0.15, -0.1) is 12.4 Å². The van der Waals surface area contributed by atoms with Gasteiger partial charge in [0.2, 0.25) is 0 Å². The normalized spacial score (nSPS) is 18.4. The minimum atomic E-state index is -0.729. The second-order valence-corrected chi connectivity index (χ2v) is 3.20. The summed E-state index contributed by atoms with van der Waals surface area (Å²) >= 11 is 0. The number of rotatable bonds is 2. The van der Waals surface area contributed by atoms with Crippen LogP contribution in [0.1, 0.15) is 20.3 Å². The molecule has 0 aromatic rings. The monoisotopic (exact) mass is 179 g/mol. The molecule has 1 aliphatic rings. The zero-order chi connectivity index (χ0) is 7.78. The van der Waals surface area contributed by atoms with Crippen LogP contribution in [0, 0.1) is 0 Å². The van der Waals surface area contributed by atoms with Crippen molar-refractivity contribution in [2.75, 3.05) is 13.1 Å². The molecule has 0 aromatic heterocycles. The van der Waals surface area contributed by atoms with E-state index in [4.69, 9.17) is 5.11 Å². The van der Waals surface area contributed by atoms with Gasteiger partial charge < -0.3 is 5.11 Å². The molecule has 1 saturated heterocycles. The molecule has 0 amide bonds. The summed E-state index contributed by atoms with van der Waals surface area (Å²) < 4.78 is 0. The highest BCUT2D eigenvalue weighted by molar-refractivity contribution is 5.85. The summed E-state index contributed by atoms with van der Waals surface area (Å²) in [5.74, 6) is -0.729. The van der Waals surface area contributed by atoms with E-state index in [1.54, 1.807) is 13.8 Å². The van der Waals surface area contributed by atoms with Crippen LogP contribution in [-0.2, 0) is 4.79 Å². The molecule has 11 heavy (non-hydrogen) atoms. The fraction of sp³-hybridized carbons (Fsp3) is 0.857. The van der Waals surface area contributed by atoms with Gasteiger partial charge in [-0.25, -0.2) is 0 Å². The van der Waals surface area contributed by atoms with E-state index < -0.39 is 11.5 Å². The third-order valence-corrected chi connectivity index (χ3v) is 2.17.